The highest BCUT2D eigenvalue weighted by Gasteiger charge is 2.29. The SMILES string of the molecule is Cc1ccc2c(c1)nc(N1CC[C@@H](F)[C@H](N)C1)n2Cc1ccc(Cl)cn1. The van der Waals surface area contributed by atoms with E-state index in [1.165, 1.54) is 0 Å². The molecule has 1 saturated heterocycles. The molecule has 0 unspecified atom stereocenters. The average molecular weight is 374 g/mol. The van der Waals surface area contributed by atoms with Crippen LogP contribution in [-0.2, 0) is 6.54 Å². The van der Waals surface area contributed by atoms with Crippen molar-refractivity contribution in [1.82, 2.24) is 14.5 Å². The van der Waals surface area contributed by atoms with Gasteiger partial charge in [-0.1, -0.05) is 17.7 Å². The molecular formula is C19H21ClFN5. The Morgan fingerprint density at radius 3 is 2.88 bits per heavy atom. The molecule has 0 amide bonds. The first kappa shape index (κ1) is 17.2. The maximum atomic E-state index is 13.8. The van der Waals surface area contributed by atoms with Crippen molar-refractivity contribution in [3.63, 3.8) is 0 Å². The zero-order chi connectivity index (χ0) is 18.3. The molecule has 2 atom stereocenters. The molecule has 5 nitrogen and oxygen atoms in total. The lowest BCUT2D eigenvalue weighted by Crippen LogP contribution is -2.50. The summed E-state index contributed by atoms with van der Waals surface area (Å²) in [5.74, 6) is 0.810. The highest BCUT2D eigenvalue weighted by atomic mass is 35.5. The second-order valence-electron chi connectivity index (χ2n) is 6.87. The number of aryl methyl sites for hydroxylation is 1. The van der Waals surface area contributed by atoms with Crippen LogP contribution >= 0.6 is 11.6 Å². The van der Waals surface area contributed by atoms with Crippen LogP contribution in [0.25, 0.3) is 11.0 Å². The lowest BCUT2D eigenvalue weighted by atomic mass is 10.1. The number of pyridine rings is 1. The van der Waals surface area contributed by atoms with Crippen molar-refractivity contribution in [2.45, 2.75) is 32.1 Å². The Bertz CT molecular complexity index is 924. The number of benzene rings is 1. The van der Waals surface area contributed by atoms with Gasteiger partial charge in [0, 0.05) is 19.3 Å². The quantitative estimate of drug-likeness (QED) is 0.765. The molecule has 2 aromatic heterocycles. The van der Waals surface area contributed by atoms with E-state index < -0.39 is 12.2 Å². The first-order valence-electron chi connectivity index (χ1n) is 8.73. The van der Waals surface area contributed by atoms with Crippen molar-refractivity contribution in [3.05, 3.63) is 52.8 Å². The Labute approximate surface area is 156 Å². The molecule has 0 spiro atoms. The Balaban J connectivity index is 1.76. The number of imidazole rings is 1. The maximum Gasteiger partial charge on any atom is 0.206 e. The van der Waals surface area contributed by atoms with E-state index >= 15 is 0 Å². The number of rotatable bonds is 3. The normalized spacial score (nSPS) is 20.7. The van der Waals surface area contributed by atoms with Crippen LogP contribution in [0.3, 0.4) is 0 Å². The number of hydrogen-bond donors (Lipinski definition) is 1. The summed E-state index contributed by atoms with van der Waals surface area (Å²) in [7, 11) is 0. The van der Waals surface area contributed by atoms with Gasteiger partial charge in [-0.05, 0) is 43.2 Å². The molecule has 0 bridgehead atoms. The molecule has 1 aliphatic heterocycles. The lowest BCUT2D eigenvalue weighted by Gasteiger charge is -2.34. The number of fused-ring (bicyclic) bond motifs is 1. The molecule has 26 heavy (non-hydrogen) atoms. The number of alkyl halides is 1. The van der Waals surface area contributed by atoms with Crippen molar-refractivity contribution < 1.29 is 4.39 Å². The van der Waals surface area contributed by atoms with Crippen LogP contribution in [-0.4, -0.2) is 39.8 Å². The lowest BCUT2D eigenvalue weighted by molar-refractivity contribution is 0.243. The monoisotopic (exact) mass is 373 g/mol. The number of nitrogens with two attached hydrogens (primary N) is 1. The van der Waals surface area contributed by atoms with E-state index in [0.29, 0.717) is 31.1 Å². The Morgan fingerprint density at radius 2 is 2.15 bits per heavy atom. The fourth-order valence-corrected chi connectivity index (χ4v) is 3.53. The summed E-state index contributed by atoms with van der Waals surface area (Å²) in [4.78, 5) is 11.3. The van der Waals surface area contributed by atoms with E-state index in [4.69, 9.17) is 22.3 Å². The van der Waals surface area contributed by atoms with Gasteiger partial charge in [-0.25, -0.2) is 9.37 Å². The van der Waals surface area contributed by atoms with Gasteiger partial charge in [-0.3, -0.25) is 4.98 Å². The zero-order valence-electron chi connectivity index (χ0n) is 14.6. The summed E-state index contributed by atoms with van der Waals surface area (Å²) in [5, 5.41) is 0.607. The molecule has 1 aromatic carbocycles. The number of piperidine rings is 1. The highest BCUT2D eigenvalue weighted by molar-refractivity contribution is 6.30. The van der Waals surface area contributed by atoms with E-state index in [1.807, 2.05) is 19.1 Å². The fraction of sp³-hybridized carbons (Fsp3) is 0.368. The van der Waals surface area contributed by atoms with Crippen molar-refractivity contribution >= 4 is 28.6 Å². The van der Waals surface area contributed by atoms with Gasteiger partial charge in [0.1, 0.15) is 6.17 Å². The number of hydrogen-bond acceptors (Lipinski definition) is 4. The molecular weight excluding hydrogens is 353 g/mol. The minimum atomic E-state index is -0.954. The third-order valence-corrected chi connectivity index (χ3v) is 5.07. The molecule has 136 valence electrons. The summed E-state index contributed by atoms with van der Waals surface area (Å²) in [6.45, 7) is 3.67. The van der Waals surface area contributed by atoms with Crippen LogP contribution in [0.5, 0.6) is 0 Å². The van der Waals surface area contributed by atoms with E-state index in [2.05, 4.69) is 32.7 Å². The molecule has 3 heterocycles. The minimum absolute atomic E-state index is 0.419. The van der Waals surface area contributed by atoms with E-state index in [1.54, 1.807) is 6.20 Å². The number of nitrogens with zero attached hydrogens (tertiary/aromatic N) is 4. The molecule has 3 aromatic rings. The first-order chi connectivity index (χ1) is 12.5. The number of halogens is 2. The summed E-state index contributed by atoms with van der Waals surface area (Å²) in [6, 6.07) is 9.44. The summed E-state index contributed by atoms with van der Waals surface area (Å²) >= 11 is 5.95. The Hall–Kier alpha value is -2.18. The second-order valence-corrected chi connectivity index (χ2v) is 7.31. The maximum absolute atomic E-state index is 13.8. The van der Waals surface area contributed by atoms with Crippen molar-refractivity contribution in [1.29, 1.82) is 0 Å². The topological polar surface area (TPSA) is 60.0 Å². The average Bonchev–Trinajstić information content (AvgIpc) is 2.97. The van der Waals surface area contributed by atoms with Crippen molar-refractivity contribution in [3.8, 4) is 0 Å². The second kappa shape index (κ2) is 6.85. The van der Waals surface area contributed by atoms with Gasteiger partial charge in [-0.2, -0.15) is 0 Å². The molecule has 1 fully saturated rings. The van der Waals surface area contributed by atoms with Gasteiger partial charge in [-0.15, -0.1) is 0 Å². The van der Waals surface area contributed by atoms with Gasteiger partial charge in [0.05, 0.1) is 34.3 Å². The summed E-state index contributed by atoms with van der Waals surface area (Å²) in [5.41, 5.74) is 9.95. The fourth-order valence-electron chi connectivity index (χ4n) is 3.42. The summed E-state index contributed by atoms with van der Waals surface area (Å²) in [6.07, 6.45) is 1.11. The number of anilines is 1. The standard InChI is InChI=1S/C19H21ClFN5/c1-12-2-5-18-17(8-12)24-19(25-7-6-15(21)16(22)11-25)26(18)10-14-4-3-13(20)9-23-14/h2-5,8-9,15-16H,6-7,10-11,22H2,1H3/t15-,16-/m1/s1. The number of aromatic nitrogens is 3. The predicted molar refractivity (Wildman–Crippen MR) is 103 cm³/mol. The van der Waals surface area contributed by atoms with E-state index in [0.717, 1.165) is 28.2 Å². The van der Waals surface area contributed by atoms with Crippen LogP contribution in [0.1, 0.15) is 17.7 Å². The van der Waals surface area contributed by atoms with Crippen LogP contribution in [0.15, 0.2) is 36.5 Å². The molecule has 0 radical (unpaired) electrons. The van der Waals surface area contributed by atoms with Crippen LogP contribution in [0, 0.1) is 6.92 Å². The Kier molecular flexibility index (Phi) is 4.54. The third-order valence-electron chi connectivity index (χ3n) is 4.85. The molecule has 1 aliphatic rings. The third kappa shape index (κ3) is 3.27. The smallest absolute Gasteiger partial charge is 0.206 e. The molecule has 4 rings (SSSR count). The van der Waals surface area contributed by atoms with E-state index in [9.17, 15) is 4.39 Å². The van der Waals surface area contributed by atoms with Gasteiger partial charge in [0.2, 0.25) is 5.95 Å². The molecule has 0 aliphatic carbocycles. The largest absolute Gasteiger partial charge is 0.340 e. The molecule has 0 saturated carbocycles. The zero-order valence-corrected chi connectivity index (χ0v) is 15.3. The van der Waals surface area contributed by atoms with Crippen molar-refractivity contribution in [2.24, 2.45) is 5.73 Å². The minimum Gasteiger partial charge on any atom is -0.340 e. The van der Waals surface area contributed by atoms with Gasteiger partial charge < -0.3 is 15.2 Å². The van der Waals surface area contributed by atoms with Crippen LogP contribution in [0.2, 0.25) is 5.02 Å². The predicted octanol–water partition coefficient (Wildman–Crippen LogP) is 3.32. The van der Waals surface area contributed by atoms with E-state index in [-0.39, 0.29) is 0 Å². The van der Waals surface area contributed by atoms with Gasteiger partial charge in [0.25, 0.3) is 0 Å². The van der Waals surface area contributed by atoms with Crippen LogP contribution in [0.4, 0.5) is 10.3 Å². The van der Waals surface area contributed by atoms with Crippen LogP contribution < -0.4 is 10.6 Å². The Morgan fingerprint density at radius 1 is 1.31 bits per heavy atom. The highest BCUT2D eigenvalue weighted by Crippen LogP contribution is 2.27. The molecule has 7 heteroatoms. The van der Waals surface area contributed by atoms with Gasteiger partial charge in [0.15, 0.2) is 0 Å². The first-order valence-corrected chi connectivity index (χ1v) is 9.11. The molecule has 2 N–H and O–H groups in total. The van der Waals surface area contributed by atoms with Gasteiger partial charge >= 0.3 is 0 Å². The van der Waals surface area contributed by atoms with Crippen molar-refractivity contribution in [2.75, 3.05) is 18.0 Å². The summed E-state index contributed by atoms with van der Waals surface area (Å²) < 4.78 is 15.9.